The Kier molecular flexibility index (Phi) is 4.70. The normalized spacial score (nSPS) is 12.7. The summed E-state index contributed by atoms with van der Waals surface area (Å²) in [5.74, 6) is 0. The van der Waals surface area contributed by atoms with Crippen LogP contribution in [0.5, 0.6) is 0 Å². The number of hydrogen-bond donors (Lipinski definition) is 1. The van der Waals surface area contributed by atoms with Crippen LogP contribution >= 0.6 is 0 Å². The molecule has 6 heteroatoms. The summed E-state index contributed by atoms with van der Waals surface area (Å²) >= 11 is 0. The van der Waals surface area contributed by atoms with Gasteiger partial charge >= 0.3 is 6.09 Å². The van der Waals surface area contributed by atoms with Crippen LogP contribution in [0.2, 0.25) is 0 Å². The summed E-state index contributed by atoms with van der Waals surface area (Å²) in [7, 11) is 0. The fourth-order valence-corrected chi connectivity index (χ4v) is 1.66. The number of alkyl carbamates (subject to hydrolysis) is 1. The summed E-state index contributed by atoms with van der Waals surface area (Å²) < 4.78 is 5.15. The maximum atomic E-state index is 11.7. The lowest BCUT2D eigenvalue weighted by atomic mass is 10.1. The van der Waals surface area contributed by atoms with E-state index in [1.165, 1.54) is 6.07 Å². The molecule has 0 aliphatic rings. The zero-order valence-electron chi connectivity index (χ0n) is 12.4. The number of carbonyl (C=O) groups is 1. The number of benzene rings is 1. The maximum absolute atomic E-state index is 11.7. The Labute approximate surface area is 118 Å². The van der Waals surface area contributed by atoms with Gasteiger partial charge in [0.1, 0.15) is 5.60 Å². The number of carbonyl (C=O) groups excluding carboxylic acids is 1. The smallest absolute Gasteiger partial charge is 0.408 e. The molecule has 0 bridgehead atoms. The Bertz CT molecular complexity index is 520. The van der Waals surface area contributed by atoms with Gasteiger partial charge in [0.2, 0.25) is 0 Å². The van der Waals surface area contributed by atoms with Gasteiger partial charge in [-0.2, -0.15) is 0 Å². The van der Waals surface area contributed by atoms with E-state index in [9.17, 15) is 14.9 Å². The third-order valence-corrected chi connectivity index (χ3v) is 2.66. The predicted octanol–water partition coefficient (Wildman–Crippen LogP) is 3.49. The molecule has 0 aliphatic carbocycles. The van der Waals surface area contributed by atoms with Gasteiger partial charge in [-0.05, 0) is 40.2 Å². The lowest BCUT2D eigenvalue weighted by Gasteiger charge is -2.22. The number of amides is 1. The highest BCUT2D eigenvalue weighted by Crippen LogP contribution is 2.23. The van der Waals surface area contributed by atoms with Gasteiger partial charge in [-0.1, -0.05) is 12.1 Å². The first-order valence-corrected chi connectivity index (χ1v) is 6.34. The largest absolute Gasteiger partial charge is 0.444 e. The van der Waals surface area contributed by atoms with Crippen LogP contribution in [-0.4, -0.2) is 16.6 Å². The molecular formula is C14H20N2O4. The fourth-order valence-electron chi connectivity index (χ4n) is 1.66. The standard InChI is InChI=1S/C14H20N2O4/c1-9-6-7-11(8-12(9)16(18)19)10(2)15-13(17)20-14(3,4)5/h6-8,10H,1-5H3,(H,15,17)/t10-/m1/s1. The number of nitrogens with one attached hydrogen (secondary N) is 1. The van der Waals surface area contributed by atoms with Crippen molar-refractivity contribution in [3.63, 3.8) is 0 Å². The lowest BCUT2D eigenvalue weighted by molar-refractivity contribution is -0.385. The summed E-state index contributed by atoms with van der Waals surface area (Å²) in [5, 5.41) is 13.6. The molecule has 1 rings (SSSR count). The summed E-state index contributed by atoms with van der Waals surface area (Å²) in [4.78, 5) is 22.1. The molecule has 0 unspecified atom stereocenters. The van der Waals surface area contributed by atoms with E-state index in [-0.39, 0.29) is 11.7 Å². The molecule has 6 nitrogen and oxygen atoms in total. The monoisotopic (exact) mass is 280 g/mol. The first-order valence-electron chi connectivity index (χ1n) is 6.34. The molecule has 20 heavy (non-hydrogen) atoms. The number of nitrogens with zero attached hydrogens (tertiary/aromatic N) is 1. The van der Waals surface area contributed by atoms with Crippen LogP contribution in [0.1, 0.15) is 44.9 Å². The number of ether oxygens (including phenoxy) is 1. The van der Waals surface area contributed by atoms with Gasteiger partial charge in [-0.15, -0.1) is 0 Å². The summed E-state index contributed by atoms with van der Waals surface area (Å²) in [5.41, 5.74) is 0.708. The summed E-state index contributed by atoms with van der Waals surface area (Å²) in [6, 6.07) is 4.52. The molecular weight excluding hydrogens is 260 g/mol. The van der Waals surface area contributed by atoms with Gasteiger partial charge in [-0.3, -0.25) is 10.1 Å². The molecule has 0 aromatic heterocycles. The fraction of sp³-hybridized carbons (Fsp3) is 0.500. The van der Waals surface area contributed by atoms with Gasteiger partial charge in [-0.25, -0.2) is 4.79 Å². The highest BCUT2D eigenvalue weighted by Gasteiger charge is 2.20. The average Bonchev–Trinajstić information content (AvgIpc) is 2.26. The zero-order valence-corrected chi connectivity index (χ0v) is 12.4. The summed E-state index contributed by atoms with van der Waals surface area (Å²) in [6.07, 6.45) is -0.548. The number of hydrogen-bond acceptors (Lipinski definition) is 4. The molecule has 0 fully saturated rings. The van der Waals surface area contributed by atoms with Crippen molar-refractivity contribution in [1.82, 2.24) is 5.32 Å². The van der Waals surface area contributed by atoms with E-state index in [0.29, 0.717) is 11.1 Å². The van der Waals surface area contributed by atoms with Gasteiger partial charge in [0.25, 0.3) is 5.69 Å². The molecule has 0 saturated carbocycles. The molecule has 1 amide bonds. The minimum absolute atomic E-state index is 0.0420. The summed E-state index contributed by atoms with van der Waals surface area (Å²) in [6.45, 7) is 8.74. The highest BCUT2D eigenvalue weighted by atomic mass is 16.6. The van der Waals surface area contributed by atoms with Crippen molar-refractivity contribution in [2.45, 2.75) is 46.3 Å². The van der Waals surface area contributed by atoms with E-state index in [4.69, 9.17) is 4.74 Å². The van der Waals surface area contributed by atoms with Crippen molar-refractivity contribution in [3.8, 4) is 0 Å². The number of aryl methyl sites for hydroxylation is 1. The molecule has 0 radical (unpaired) electrons. The molecule has 0 heterocycles. The van der Waals surface area contributed by atoms with Crippen molar-refractivity contribution in [2.24, 2.45) is 0 Å². The second-order valence-corrected chi connectivity index (χ2v) is 5.67. The van der Waals surface area contributed by atoms with Gasteiger partial charge < -0.3 is 10.1 Å². The quantitative estimate of drug-likeness (QED) is 0.678. The molecule has 0 saturated heterocycles. The first-order chi connectivity index (χ1) is 9.10. The third kappa shape index (κ3) is 4.53. The second kappa shape index (κ2) is 5.90. The van der Waals surface area contributed by atoms with E-state index in [1.807, 2.05) is 0 Å². The SMILES string of the molecule is Cc1ccc([C@@H](C)NC(=O)OC(C)(C)C)cc1[N+](=O)[O-]. The van der Waals surface area contributed by atoms with Gasteiger partial charge in [0.15, 0.2) is 0 Å². The van der Waals surface area contributed by atoms with Crippen LogP contribution in [-0.2, 0) is 4.74 Å². The minimum Gasteiger partial charge on any atom is -0.444 e. The molecule has 1 aromatic carbocycles. The van der Waals surface area contributed by atoms with Crippen LogP contribution in [0.15, 0.2) is 18.2 Å². The lowest BCUT2D eigenvalue weighted by Crippen LogP contribution is -2.34. The van der Waals surface area contributed by atoms with Crippen LogP contribution in [0.3, 0.4) is 0 Å². The Morgan fingerprint density at radius 2 is 2.00 bits per heavy atom. The number of nitro benzene ring substituents is 1. The Hall–Kier alpha value is -2.11. The van der Waals surface area contributed by atoms with Crippen LogP contribution in [0.25, 0.3) is 0 Å². The average molecular weight is 280 g/mol. The van der Waals surface area contributed by atoms with E-state index < -0.39 is 16.6 Å². The van der Waals surface area contributed by atoms with Crippen LogP contribution < -0.4 is 5.32 Å². The van der Waals surface area contributed by atoms with Gasteiger partial charge in [0, 0.05) is 11.6 Å². The van der Waals surface area contributed by atoms with E-state index in [2.05, 4.69) is 5.32 Å². The van der Waals surface area contributed by atoms with Crippen molar-refractivity contribution >= 4 is 11.8 Å². The molecule has 110 valence electrons. The van der Waals surface area contributed by atoms with Crippen molar-refractivity contribution < 1.29 is 14.5 Å². The van der Waals surface area contributed by atoms with Crippen molar-refractivity contribution in [2.75, 3.05) is 0 Å². The van der Waals surface area contributed by atoms with Crippen LogP contribution in [0, 0.1) is 17.0 Å². The molecule has 1 aromatic rings. The first kappa shape index (κ1) is 15.9. The van der Waals surface area contributed by atoms with Crippen molar-refractivity contribution in [3.05, 3.63) is 39.4 Å². The second-order valence-electron chi connectivity index (χ2n) is 5.67. The highest BCUT2D eigenvalue weighted by molar-refractivity contribution is 5.68. The Morgan fingerprint density at radius 1 is 1.40 bits per heavy atom. The van der Waals surface area contributed by atoms with E-state index >= 15 is 0 Å². The van der Waals surface area contributed by atoms with Crippen molar-refractivity contribution in [1.29, 1.82) is 0 Å². The number of rotatable bonds is 3. The van der Waals surface area contributed by atoms with E-state index in [1.54, 1.807) is 46.8 Å². The molecule has 0 aliphatic heterocycles. The van der Waals surface area contributed by atoms with Gasteiger partial charge in [0.05, 0.1) is 11.0 Å². The maximum Gasteiger partial charge on any atom is 0.408 e. The Morgan fingerprint density at radius 3 is 2.50 bits per heavy atom. The number of nitro groups is 1. The minimum atomic E-state index is -0.580. The topological polar surface area (TPSA) is 81.5 Å². The molecule has 0 spiro atoms. The molecule has 1 N–H and O–H groups in total. The third-order valence-electron chi connectivity index (χ3n) is 2.66. The Balaban J connectivity index is 2.83. The zero-order chi connectivity index (χ0) is 15.5. The predicted molar refractivity (Wildman–Crippen MR) is 75.6 cm³/mol. The molecule has 1 atom stereocenters. The van der Waals surface area contributed by atoms with E-state index in [0.717, 1.165) is 0 Å². The van der Waals surface area contributed by atoms with Crippen LogP contribution in [0.4, 0.5) is 10.5 Å².